The van der Waals surface area contributed by atoms with E-state index in [9.17, 15) is 21.6 Å². The van der Waals surface area contributed by atoms with Crippen molar-refractivity contribution in [2.45, 2.75) is 11.3 Å². The molecule has 0 bridgehead atoms. The van der Waals surface area contributed by atoms with Crippen LogP contribution in [0.5, 0.6) is 0 Å². The molecule has 0 atom stereocenters. The van der Waals surface area contributed by atoms with Gasteiger partial charge in [-0.15, -0.1) is 0 Å². The van der Waals surface area contributed by atoms with E-state index in [2.05, 4.69) is 4.72 Å². The summed E-state index contributed by atoms with van der Waals surface area (Å²) in [5, 5.41) is 13.5. The number of carboxylic acid groups (broad SMARTS) is 1. The fraction of sp³-hybridized carbons (Fsp3) is 0.300. The first kappa shape index (κ1) is 17.9. The molecule has 8 nitrogen and oxygen atoms in total. The molecule has 0 aliphatic carbocycles. The van der Waals surface area contributed by atoms with Crippen LogP contribution in [-0.2, 0) is 20.0 Å². The Labute approximate surface area is 127 Å². The predicted molar refractivity (Wildman–Crippen MR) is 76.2 cm³/mol. The molecule has 0 radical (unpaired) electrons. The summed E-state index contributed by atoms with van der Waals surface area (Å²) in [6.45, 7) is -0.174. The molecule has 0 heterocycles. The molecular weight excluding hydrogens is 344 g/mol. The van der Waals surface area contributed by atoms with E-state index in [4.69, 9.17) is 21.8 Å². The number of benzene rings is 1. The molecule has 1 aromatic carbocycles. The zero-order valence-electron chi connectivity index (χ0n) is 10.6. The Bertz CT molecular complexity index is 745. The summed E-state index contributed by atoms with van der Waals surface area (Å²) >= 11 is 5.74. The van der Waals surface area contributed by atoms with Gasteiger partial charge in [0.1, 0.15) is 4.90 Å². The van der Waals surface area contributed by atoms with E-state index in [1.165, 1.54) is 6.07 Å². The van der Waals surface area contributed by atoms with Crippen LogP contribution in [0.15, 0.2) is 23.1 Å². The number of rotatable bonds is 7. The highest BCUT2D eigenvalue weighted by Gasteiger charge is 2.19. The molecule has 1 aromatic rings. The van der Waals surface area contributed by atoms with Crippen molar-refractivity contribution in [3.63, 3.8) is 0 Å². The fourth-order valence-corrected chi connectivity index (χ4v) is 3.54. The lowest BCUT2D eigenvalue weighted by Gasteiger charge is -2.09. The van der Waals surface area contributed by atoms with Crippen LogP contribution in [0.25, 0.3) is 0 Å². The molecule has 21 heavy (non-hydrogen) atoms. The zero-order valence-corrected chi connectivity index (χ0v) is 13.0. The zero-order chi connectivity index (χ0) is 16.3. The lowest BCUT2D eigenvalue weighted by Crippen LogP contribution is -2.28. The maximum Gasteiger partial charge on any atom is 0.335 e. The lowest BCUT2D eigenvalue weighted by molar-refractivity contribution is 0.0696. The van der Waals surface area contributed by atoms with Crippen molar-refractivity contribution in [1.29, 1.82) is 0 Å². The second kappa shape index (κ2) is 6.71. The van der Waals surface area contributed by atoms with E-state index in [0.29, 0.717) is 0 Å². The summed E-state index contributed by atoms with van der Waals surface area (Å²) in [6.07, 6.45) is -0.0195. The van der Waals surface area contributed by atoms with Crippen molar-refractivity contribution in [2.24, 2.45) is 5.14 Å². The number of halogens is 1. The van der Waals surface area contributed by atoms with E-state index in [-0.39, 0.29) is 34.2 Å². The smallest absolute Gasteiger partial charge is 0.335 e. The second-order valence-electron chi connectivity index (χ2n) is 4.07. The molecule has 0 spiro atoms. The highest BCUT2D eigenvalue weighted by Crippen LogP contribution is 2.22. The number of nitrogens with one attached hydrogen (secondary N) is 1. The van der Waals surface area contributed by atoms with E-state index in [1.807, 2.05) is 0 Å². The molecule has 0 saturated heterocycles. The van der Waals surface area contributed by atoms with Crippen molar-refractivity contribution >= 4 is 37.6 Å². The van der Waals surface area contributed by atoms with Gasteiger partial charge in [-0.05, 0) is 24.6 Å². The summed E-state index contributed by atoms with van der Waals surface area (Å²) in [5.74, 6) is -1.67. The minimum absolute atomic E-state index is 0.0195. The maximum absolute atomic E-state index is 12.0. The molecule has 0 aliphatic heterocycles. The molecule has 11 heteroatoms. The van der Waals surface area contributed by atoms with Crippen molar-refractivity contribution in [3.05, 3.63) is 28.8 Å². The molecule has 0 aromatic heterocycles. The molecule has 0 aliphatic rings. The maximum atomic E-state index is 12.0. The molecule has 0 saturated carbocycles. The molecule has 1 rings (SSSR count). The van der Waals surface area contributed by atoms with Gasteiger partial charge in [0.25, 0.3) is 0 Å². The van der Waals surface area contributed by atoms with E-state index < -0.39 is 26.0 Å². The number of aromatic carboxylic acids is 1. The number of nitrogens with two attached hydrogens (primary N) is 1. The minimum Gasteiger partial charge on any atom is -0.478 e. The van der Waals surface area contributed by atoms with Gasteiger partial charge in [-0.3, -0.25) is 0 Å². The normalized spacial score (nSPS) is 12.3. The Hall–Kier alpha value is -1.20. The monoisotopic (exact) mass is 356 g/mol. The van der Waals surface area contributed by atoms with Gasteiger partial charge in [0.15, 0.2) is 0 Å². The average Bonchev–Trinajstić information content (AvgIpc) is 2.33. The SMILES string of the molecule is NS(=O)(=O)CCCNS(=O)(=O)c1cc(C(=O)O)ccc1Cl. The minimum atomic E-state index is -4.05. The third-order valence-corrected chi connectivity index (χ3v) is 5.17. The van der Waals surface area contributed by atoms with E-state index in [0.717, 1.165) is 12.1 Å². The van der Waals surface area contributed by atoms with Crippen LogP contribution < -0.4 is 9.86 Å². The molecule has 118 valence electrons. The third-order valence-electron chi connectivity index (χ3n) is 2.37. The fourth-order valence-electron chi connectivity index (χ4n) is 1.40. The topological polar surface area (TPSA) is 144 Å². The molecule has 0 fully saturated rings. The van der Waals surface area contributed by atoms with Crippen LogP contribution >= 0.6 is 11.6 Å². The first-order chi connectivity index (χ1) is 9.53. The molecule has 0 amide bonds. The van der Waals surface area contributed by atoms with Gasteiger partial charge < -0.3 is 5.11 Å². The number of carbonyl (C=O) groups is 1. The first-order valence-electron chi connectivity index (χ1n) is 5.56. The third kappa shape index (κ3) is 5.59. The summed E-state index contributed by atoms with van der Waals surface area (Å²) < 4.78 is 47.5. The highest BCUT2D eigenvalue weighted by atomic mass is 35.5. The Balaban J connectivity index is 2.88. The van der Waals surface area contributed by atoms with Gasteiger partial charge in [0.05, 0.1) is 16.3 Å². The van der Waals surface area contributed by atoms with Gasteiger partial charge in [0, 0.05) is 6.54 Å². The van der Waals surface area contributed by atoms with Gasteiger partial charge in [0.2, 0.25) is 20.0 Å². The van der Waals surface area contributed by atoms with E-state index >= 15 is 0 Å². The van der Waals surface area contributed by atoms with Crippen LogP contribution in [0.4, 0.5) is 0 Å². The number of primary sulfonamides is 1. The van der Waals surface area contributed by atoms with Crippen LogP contribution in [0.3, 0.4) is 0 Å². The molecular formula is C10H13ClN2O6S2. The second-order valence-corrected chi connectivity index (χ2v) is 7.95. The summed E-state index contributed by atoms with van der Waals surface area (Å²) in [5.41, 5.74) is -0.232. The lowest BCUT2D eigenvalue weighted by atomic mass is 10.2. The van der Waals surface area contributed by atoms with Crippen molar-refractivity contribution in [3.8, 4) is 0 Å². The van der Waals surface area contributed by atoms with Gasteiger partial charge in [-0.25, -0.2) is 31.5 Å². The number of sulfonamides is 2. The van der Waals surface area contributed by atoms with Crippen LogP contribution in [-0.4, -0.2) is 40.2 Å². The Kier molecular flexibility index (Phi) is 5.70. The Morgan fingerprint density at radius 3 is 2.43 bits per heavy atom. The first-order valence-corrected chi connectivity index (χ1v) is 9.13. The van der Waals surface area contributed by atoms with Gasteiger partial charge in [-0.2, -0.15) is 0 Å². The number of hydrogen-bond acceptors (Lipinski definition) is 5. The Morgan fingerprint density at radius 2 is 1.90 bits per heavy atom. The summed E-state index contributed by atoms with van der Waals surface area (Å²) in [7, 11) is -7.72. The summed E-state index contributed by atoms with van der Waals surface area (Å²) in [6, 6.07) is 3.25. The predicted octanol–water partition coefficient (Wildman–Crippen LogP) is -0.00490. The largest absolute Gasteiger partial charge is 0.478 e. The number of carboxylic acids is 1. The van der Waals surface area contributed by atoms with Crippen molar-refractivity contribution < 1.29 is 26.7 Å². The quantitative estimate of drug-likeness (QED) is 0.586. The van der Waals surface area contributed by atoms with Crippen molar-refractivity contribution in [1.82, 2.24) is 4.72 Å². The molecule has 4 N–H and O–H groups in total. The van der Waals surface area contributed by atoms with Gasteiger partial charge >= 0.3 is 5.97 Å². The standard InChI is InChI=1S/C10H13ClN2O6S2/c11-8-3-2-7(10(14)15)6-9(8)21(18,19)13-4-1-5-20(12,16)17/h2-3,6,13H,1,4-5H2,(H,14,15)(H2,12,16,17). The van der Waals surface area contributed by atoms with Crippen LogP contribution in [0.1, 0.15) is 16.8 Å². The molecule has 0 unspecified atom stereocenters. The van der Waals surface area contributed by atoms with Gasteiger partial charge in [-0.1, -0.05) is 11.6 Å². The van der Waals surface area contributed by atoms with Crippen LogP contribution in [0, 0.1) is 0 Å². The summed E-state index contributed by atoms with van der Waals surface area (Å²) in [4.78, 5) is 10.4. The Morgan fingerprint density at radius 1 is 1.29 bits per heavy atom. The number of hydrogen-bond donors (Lipinski definition) is 3. The van der Waals surface area contributed by atoms with Crippen LogP contribution in [0.2, 0.25) is 5.02 Å². The van der Waals surface area contributed by atoms with Crippen molar-refractivity contribution in [2.75, 3.05) is 12.3 Å². The highest BCUT2D eigenvalue weighted by molar-refractivity contribution is 7.89. The van der Waals surface area contributed by atoms with E-state index in [1.54, 1.807) is 0 Å². The average molecular weight is 357 g/mol.